The highest BCUT2D eigenvalue weighted by molar-refractivity contribution is 5.02. The van der Waals surface area contributed by atoms with Crippen LogP contribution in [0.15, 0.2) is 0 Å². The molecule has 3 aliphatic carbocycles. The molecule has 538 valence electrons. The van der Waals surface area contributed by atoms with Gasteiger partial charge in [-0.2, -0.15) is 0 Å². The zero-order valence-corrected chi connectivity index (χ0v) is 66.9. The summed E-state index contributed by atoms with van der Waals surface area (Å²) in [4.78, 5) is 0. The molecule has 0 radical (unpaired) electrons. The van der Waals surface area contributed by atoms with Gasteiger partial charge in [-0.3, -0.25) is 0 Å². The highest BCUT2D eigenvalue weighted by atomic mass is 19.2. The van der Waals surface area contributed by atoms with E-state index in [1.165, 1.54) is 6.42 Å². The second-order valence-electron chi connectivity index (χ2n) is 35.4. The average Bonchev–Trinajstić information content (AvgIpc) is 3.77. The summed E-state index contributed by atoms with van der Waals surface area (Å²) in [7, 11) is 0. The van der Waals surface area contributed by atoms with Gasteiger partial charge in [0.1, 0.15) is 39.7 Å². The normalized spacial score (nSPS) is 18.5. The van der Waals surface area contributed by atoms with Crippen molar-refractivity contribution in [3.05, 3.63) is 0 Å². The van der Waals surface area contributed by atoms with E-state index in [0.717, 1.165) is 128 Å². The predicted octanol–water partition coefficient (Wildman–Crippen LogP) is 30.2. The maximum absolute atomic E-state index is 15.4. The Balaban J connectivity index is -0.000000304. The lowest BCUT2D eigenvalue weighted by atomic mass is 9.57. The monoisotopic (exact) mass is 1270 g/mol. The van der Waals surface area contributed by atoms with Gasteiger partial charge < -0.3 is 0 Å². The van der Waals surface area contributed by atoms with Crippen molar-refractivity contribution >= 4 is 0 Å². The van der Waals surface area contributed by atoms with Gasteiger partial charge in [0.25, 0.3) is 0 Å². The highest BCUT2D eigenvalue weighted by Gasteiger charge is 2.53. The number of hydrogen-bond acceptors (Lipinski definition) is 0. The van der Waals surface area contributed by atoms with Gasteiger partial charge in [0.2, 0.25) is 0 Å². The molecule has 0 aliphatic heterocycles. The molecule has 0 aromatic rings. The van der Waals surface area contributed by atoms with Crippen molar-refractivity contribution in [3.8, 4) is 0 Å². The van der Waals surface area contributed by atoms with Gasteiger partial charge in [-0.1, -0.05) is 265 Å². The molecule has 7 heteroatoms. The topological polar surface area (TPSA) is 0 Å². The lowest BCUT2D eigenvalue weighted by Crippen LogP contribution is -2.51. The summed E-state index contributed by atoms with van der Waals surface area (Å²) in [6.45, 7) is 76.1. The summed E-state index contributed by atoms with van der Waals surface area (Å²) in [6.07, 6.45) is 19.8. The minimum Gasteiger partial charge on any atom is -0.244 e. The van der Waals surface area contributed by atoms with Crippen molar-refractivity contribution in [1.29, 1.82) is 0 Å². The first-order chi connectivity index (χ1) is 39.3. The molecule has 0 spiro atoms. The van der Waals surface area contributed by atoms with E-state index in [9.17, 15) is 22.0 Å². The van der Waals surface area contributed by atoms with E-state index in [1.54, 1.807) is 34.6 Å². The first-order valence-corrected chi connectivity index (χ1v) is 37.2. The van der Waals surface area contributed by atoms with Crippen LogP contribution in [0.1, 0.15) is 391 Å². The van der Waals surface area contributed by atoms with Crippen LogP contribution in [0.2, 0.25) is 0 Å². The van der Waals surface area contributed by atoms with Crippen LogP contribution in [0.3, 0.4) is 0 Å². The number of rotatable bonds is 22. The van der Waals surface area contributed by atoms with E-state index in [4.69, 9.17) is 0 Å². The van der Waals surface area contributed by atoms with Crippen LogP contribution in [0.25, 0.3) is 0 Å². The minimum absolute atomic E-state index is 0.0994. The van der Waals surface area contributed by atoms with Crippen LogP contribution in [0.4, 0.5) is 30.7 Å². The van der Waals surface area contributed by atoms with Gasteiger partial charge in [-0.25, -0.2) is 30.7 Å². The van der Waals surface area contributed by atoms with E-state index >= 15 is 8.78 Å². The summed E-state index contributed by atoms with van der Waals surface area (Å²) in [5.41, 5.74) is -6.17. The van der Waals surface area contributed by atoms with Crippen molar-refractivity contribution in [2.75, 3.05) is 0 Å². The Bertz CT molecular complexity index is 1540. The van der Waals surface area contributed by atoms with Crippen molar-refractivity contribution < 1.29 is 30.7 Å². The summed E-state index contributed by atoms with van der Waals surface area (Å²) >= 11 is 0. The van der Waals surface area contributed by atoms with Crippen LogP contribution in [-0.4, -0.2) is 39.7 Å². The molecule has 0 aromatic carbocycles. The number of halogens is 7. The van der Waals surface area contributed by atoms with Crippen molar-refractivity contribution in [2.45, 2.75) is 431 Å². The fourth-order valence-electron chi connectivity index (χ4n) is 15.7. The molecular formula is C81H165F7. The third-order valence-corrected chi connectivity index (χ3v) is 22.5. The fourth-order valence-corrected chi connectivity index (χ4v) is 15.7. The molecule has 0 N–H and O–H groups in total. The van der Waals surface area contributed by atoms with Crippen molar-refractivity contribution in [2.24, 2.45) is 92.7 Å². The molecule has 3 aliphatic rings. The Kier molecular flexibility index (Phi) is 46.1. The van der Waals surface area contributed by atoms with Crippen LogP contribution in [0.5, 0.6) is 0 Å². The largest absolute Gasteiger partial charge is 0.244 e. The van der Waals surface area contributed by atoms with E-state index in [2.05, 4.69) is 194 Å². The third kappa shape index (κ3) is 35.9. The molecule has 88 heavy (non-hydrogen) atoms. The van der Waals surface area contributed by atoms with Gasteiger partial charge in [0.15, 0.2) is 0 Å². The lowest BCUT2D eigenvalue weighted by Gasteiger charge is -2.51. The second kappa shape index (κ2) is 42.1. The molecule has 3 saturated carbocycles. The molecular weight excluding hydrogens is 1110 g/mol. The van der Waals surface area contributed by atoms with Crippen LogP contribution in [0, 0.1) is 92.7 Å². The van der Waals surface area contributed by atoms with Gasteiger partial charge in [-0.15, -0.1) is 0 Å². The van der Waals surface area contributed by atoms with Gasteiger partial charge in [-0.05, 0) is 207 Å². The molecule has 0 aromatic heterocycles. The Morgan fingerprint density at radius 1 is 0.307 bits per heavy atom. The predicted molar refractivity (Wildman–Crippen MR) is 385 cm³/mol. The number of alkyl halides is 7. The lowest BCUT2D eigenvalue weighted by molar-refractivity contribution is -0.0946. The molecule has 0 heterocycles. The zero-order valence-electron chi connectivity index (χ0n) is 66.9. The quantitative estimate of drug-likeness (QED) is 0.0948. The third-order valence-electron chi connectivity index (χ3n) is 22.5. The van der Waals surface area contributed by atoms with E-state index in [-0.39, 0.29) is 46.3 Å². The van der Waals surface area contributed by atoms with Crippen LogP contribution >= 0.6 is 0 Å². The van der Waals surface area contributed by atoms with Crippen molar-refractivity contribution in [3.63, 3.8) is 0 Å². The molecule has 0 bridgehead atoms. The standard InChI is InChI=1S/C16H33F.C14H29F.2C12H25F.C9H17F.C7H13F.C6H11F.C5H12/c1-10(2)14(11(3)4)16(9,17)15(12(5)6)13(7)8;1-8-12(5,9-2)14(7,15)13(6,10-3)11-4;1-8(2)11(9(3)4)12(7,13)10(5)6;1-6-10(7-2)12(5,13)11(8-3)9-4;1-8(2)4-6-9(3,10)7-5-8;1-7(8)5-3-2-4-6-7;1-6(7)4-2-3-5-6;1-5(2,3)4/h10-15H,1-9H3;8-11H2,1-7H3;8-11H,1-7H3;10-11H,6-9H2,1-5H3;4-7H2,1-3H3;2-6H2,1H3;2-5H2,1H3;1-4H3/t;;12-;;;;;/m..0...../s1. The first kappa shape index (κ1) is 96.2. The zero-order chi connectivity index (χ0) is 71.3. The highest BCUT2D eigenvalue weighted by Crippen LogP contribution is 2.54. The molecule has 1 atom stereocenters. The minimum atomic E-state index is -1.09. The van der Waals surface area contributed by atoms with Gasteiger partial charge >= 0.3 is 0 Å². The average molecular weight is 1270 g/mol. The Morgan fingerprint density at radius 3 is 0.659 bits per heavy atom. The second-order valence-corrected chi connectivity index (χ2v) is 35.4. The Morgan fingerprint density at radius 2 is 0.511 bits per heavy atom. The molecule has 3 rings (SSSR count). The van der Waals surface area contributed by atoms with Crippen LogP contribution < -0.4 is 0 Å². The van der Waals surface area contributed by atoms with Crippen molar-refractivity contribution in [1.82, 2.24) is 0 Å². The van der Waals surface area contributed by atoms with E-state index in [1.807, 2.05) is 27.7 Å². The Labute approximate surface area is 551 Å². The number of hydrogen-bond donors (Lipinski definition) is 0. The summed E-state index contributed by atoms with van der Waals surface area (Å²) in [5, 5.41) is 0. The Hall–Kier alpha value is -0.490. The van der Waals surface area contributed by atoms with E-state index in [0.29, 0.717) is 46.3 Å². The maximum atomic E-state index is 15.4. The molecule has 3 fully saturated rings. The summed E-state index contributed by atoms with van der Waals surface area (Å²) < 4.78 is 98.1. The van der Waals surface area contributed by atoms with E-state index < -0.39 is 39.7 Å². The first-order valence-electron chi connectivity index (χ1n) is 37.2. The molecule has 0 saturated heterocycles. The van der Waals surface area contributed by atoms with Gasteiger partial charge in [0, 0.05) is 10.8 Å². The molecule has 0 amide bonds. The maximum Gasteiger partial charge on any atom is 0.118 e. The molecule has 0 unspecified atom stereocenters. The van der Waals surface area contributed by atoms with Crippen LogP contribution in [-0.2, 0) is 0 Å². The summed E-state index contributed by atoms with van der Waals surface area (Å²) in [5.74, 6) is 3.40. The smallest absolute Gasteiger partial charge is 0.118 e. The SMILES string of the molecule is CC(C)(C)C.CC(C)C(C(C)C)C(C)(F)C(C(C)C)C(C)C.CC(C)C(C(C)C)[C@@](C)(F)C(C)C.CC1(C)CCC(C)(F)CC1.CC1(F)CCCC1.CC1(F)CCCCC1.CCC(C)(CC)C(C)(F)C(C)(CC)CC.CCC(CC)C(C)(F)C(CC)CC. The van der Waals surface area contributed by atoms with Gasteiger partial charge in [0.05, 0.1) is 0 Å². The summed E-state index contributed by atoms with van der Waals surface area (Å²) in [6, 6.07) is 0. The fraction of sp³-hybridized carbons (Fsp3) is 1.00. The molecule has 0 nitrogen and oxygen atoms in total.